The molecule has 2 aromatic heterocycles. The second kappa shape index (κ2) is 6.78. The highest BCUT2D eigenvalue weighted by atomic mass is 16.2. The second-order valence-corrected chi connectivity index (χ2v) is 6.87. The standard InChI is InChI=1S/C19H22N4O2/c24-18-12-16(23-10-4-7-17(23)21-18)14-5-3-9-22(13-14)19(25)11-15-6-1-2-8-20-15/h1-2,6,8,12,14H,3-5,7,9-11,13H2/t14-/m1/s1. The number of aromatic nitrogens is 3. The van der Waals surface area contributed by atoms with Gasteiger partial charge in [-0.25, -0.2) is 0 Å². The van der Waals surface area contributed by atoms with Crippen molar-refractivity contribution in [3.05, 3.63) is 58.0 Å². The fourth-order valence-electron chi connectivity index (χ4n) is 3.97. The van der Waals surface area contributed by atoms with Gasteiger partial charge < -0.3 is 9.47 Å². The van der Waals surface area contributed by atoms with E-state index in [4.69, 9.17) is 0 Å². The maximum atomic E-state index is 12.7. The maximum absolute atomic E-state index is 12.7. The van der Waals surface area contributed by atoms with Crippen LogP contribution in [0.5, 0.6) is 0 Å². The minimum absolute atomic E-state index is 0.112. The van der Waals surface area contributed by atoms with Gasteiger partial charge in [0.05, 0.1) is 6.42 Å². The van der Waals surface area contributed by atoms with E-state index in [1.54, 1.807) is 12.3 Å². The number of carbonyl (C=O) groups excluding carboxylic acids is 1. The Labute approximate surface area is 146 Å². The Hall–Kier alpha value is -2.50. The van der Waals surface area contributed by atoms with Crippen LogP contribution >= 0.6 is 0 Å². The molecule has 0 saturated carbocycles. The summed E-state index contributed by atoms with van der Waals surface area (Å²) in [6, 6.07) is 7.31. The summed E-state index contributed by atoms with van der Waals surface area (Å²) in [4.78, 5) is 34.9. The maximum Gasteiger partial charge on any atom is 0.273 e. The van der Waals surface area contributed by atoms with Crippen LogP contribution in [0.3, 0.4) is 0 Å². The predicted octanol–water partition coefficient (Wildman–Crippen LogP) is 1.53. The third kappa shape index (κ3) is 3.34. The smallest absolute Gasteiger partial charge is 0.273 e. The molecule has 6 nitrogen and oxygen atoms in total. The molecular weight excluding hydrogens is 316 g/mol. The molecule has 0 radical (unpaired) electrons. The molecule has 0 unspecified atom stereocenters. The summed E-state index contributed by atoms with van der Waals surface area (Å²) in [5.74, 6) is 1.23. The number of nitrogens with zero attached hydrogens (tertiary/aromatic N) is 4. The van der Waals surface area contributed by atoms with Crippen LogP contribution in [-0.2, 0) is 24.2 Å². The predicted molar refractivity (Wildman–Crippen MR) is 93.3 cm³/mol. The van der Waals surface area contributed by atoms with E-state index < -0.39 is 0 Å². The molecule has 0 N–H and O–H groups in total. The largest absolute Gasteiger partial charge is 0.342 e. The number of fused-ring (bicyclic) bond motifs is 1. The van der Waals surface area contributed by atoms with Crippen molar-refractivity contribution < 1.29 is 4.79 Å². The monoisotopic (exact) mass is 338 g/mol. The molecule has 2 aromatic rings. The Balaban J connectivity index is 1.52. The molecule has 1 saturated heterocycles. The highest BCUT2D eigenvalue weighted by Crippen LogP contribution is 2.28. The first-order chi connectivity index (χ1) is 12.2. The lowest BCUT2D eigenvalue weighted by Crippen LogP contribution is -2.41. The number of carbonyl (C=O) groups is 1. The van der Waals surface area contributed by atoms with E-state index in [2.05, 4.69) is 14.5 Å². The average molecular weight is 338 g/mol. The molecule has 4 rings (SSSR count). The van der Waals surface area contributed by atoms with E-state index in [0.29, 0.717) is 13.0 Å². The van der Waals surface area contributed by atoms with Crippen LogP contribution in [0.25, 0.3) is 0 Å². The summed E-state index contributed by atoms with van der Waals surface area (Å²) >= 11 is 0. The number of pyridine rings is 1. The lowest BCUT2D eigenvalue weighted by molar-refractivity contribution is -0.131. The Kier molecular flexibility index (Phi) is 4.34. The summed E-state index contributed by atoms with van der Waals surface area (Å²) in [5, 5.41) is 0. The van der Waals surface area contributed by atoms with Crippen LogP contribution in [0, 0.1) is 0 Å². The number of aryl methyl sites for hydroxylation is 1. The van der Waals surface area contributed by atoms with Gasteiger partial charge in [-0.1, -0.05) is 6.07 Å². The van der Waals surface area contributed by atoms with Crippen molar-refractivity contribution >= 4 is 5.91 Å². The van der Waals surface area contributed by atoms with Crippen LogP contribution in [0.2, 0.25) is 0 Å². The van der Waals surface area contributed by atoms with Gasteiger partial charge in [0.15, 0.2) is 0 Å². The van der Waals surface area contributed by atoms with Gasteiger partial charge in [-0.2, -0.15) is 4.98 Å². The van der Waals surface area contributed by atoms with Gasteiger partial charge in [-0.15, -0.1) is 0 Å². The van der Waals surface area contributed by atoms with Crippen LogP contribution in [-0.4, -0.2) is 38.4 Å². The SMILES string of the molecule is O=C(Cc1ccccn1)N1CCC[C@@H](c2cc(=O)nc3n2CCC3)C1. The number of likely N-dealkylation sites (tertiary alicyclic amines) is 1. The first kappa shape index (κ1) is 16.0. The molecule has 1 fully saturated rings. The summed E-state index contributed by atoms with van der Waals surface area (Å²) < 4.78 is 2.19. The fourth-order valence-corrected chi connectivity index (χ4v) is 3.97. The van der Waals surface area contributed by atoms with Gasteiger partial charge in [0.25, 0.3) is 5.56 Å². The average Bonchev–Trinajstić information content (AvgIpc) is 3.10. The van der Waals surface area contributed by atoms with Crippen LogP contribution in [0.4, 0.5) is 0 Å². The number of hydrogen-bond acceptors (Lipinski definition) is 4. The van der Waals surface area contributed by atoms with Crippen molar-refractivity contribution in [2.24, 2.45) is 0 Å². The Morgan fingerprint density at radius 1 is 1.24 bits per heavy atom. The Morgan fingerprint density at radius 3 is 3.00 bits per heavy atom. The van der Waals surface area contributed by atoms with Crippen molar-refractivity contribution in [2.45, 2.75) is 44.6 Å². The molecule has 130 valence electrons. The van der Waals surface area contributed by atoms with Gasteiger partial charge in [0.1, 0.15) is 5.82 Å². The molecule has 2 aliphatic rings. The molecule has 2 aliphatic heterocycles. The molecule has 0 spiro atoms. The topological polar surface area (TPSA) is 68.1 Å². The zero-order valence-corrected chi connectivity index (χ0v) is 14.2. The number of piperidine rings is 1. The third-order valence-corrected chi connectivity index (χ3v) is 5.17. The minimum Gasteiger partial charge on any atom is -0.342 e. The highest BCUT2D eigenvalue weighted by molar-refractivity contribution is 5.78. The lowest BCUT2D eigenvalue weighted by atomic mass is 9.93. The van der Waals surface area contributed by atoms with Crippen molar-refractivity contribution in [1.29, 1.82) is 0 Å². The van der Waals surface area contributed by atoms with Gasteiger partial charge in [0, 0.05) is 55.6 Å². The normalized spacial score (nSPS) is 19.7. The van der Waals surface area contributed by atoms with E-state index in [0.717, 1.165) is 56.0 Å². The third-order valence-electron chi connectivity index (χ3n) is 5.17. The molecule has 6 heteroatoms. The summed E-state index contributed by atoms with van der Waals surface area (Å²) in [6.45, 7) is 2.38. The molecule has 25 heavy (non-hydrogen) atoms. The molecule has 0 bridgehead atoms. The zero-order valence-electron chi connectivity index (χ0n) is 14.2. The molecule has 4 heterocycles. The molecule has 1 atom stereocenters. The van der Waals surface area contributed by atoms with Crippen molar-refractivity contribution in [2.75, 3.05) is 13.1 Å². The fraction of sp³-hybridized carbons (Fsp3) is 0.474. The number of rotatable bonds is 3. The van der Waals surface area contributed by atoms with Crippen LogP contribution < -0.4 is 5.56 Å². The van der Waals surface area contributed by atoms with Crippen molar-refractivity contribution in [3.8, 4) is 0 Å². The van der Waals surface area contributed by atoms with Crippen molar-refractivity contribution in [3.63, 3.8) is 0 Å². The number of hydrogen-bond donors (Lipinski definition) is 0. The highest BCUT2D eigenvalue weighted by Gasteiger charge is 2.28. The van der Waals surface area contributed by atoms with Gasteiger partial charge >= 0.3 is 0 Å². The summed E-state index contributed by atoms with van der Waals surface area (Å²) in [7, 11) is 0. The minimum atomic E-state index is -0.153. The van der Waals surface area contributed by atoms with Gasteiger partial charge in [0.2, 0.25) is 5.91 Å². The van der Waals surface area contributed by atoms with E-state index >= 15 is 0 Å². The van der Waals surface area contributed by atoms with E-state index in [9.17, 15) is 9.59 Å². The number of amides is 1. The Morgan fingerprint density at radius 2 is 2.16 bits per heavy atom. The molecular formula is C19H22N4O2. The first-order valence-corrected chi connectivity index (χ1v) is 8.99. The zero-order chi connectivity index (χ0) is 17.2. The van der Waals surface area contributed by atoms with E-state index in [-0.39, 0.29) is 17.4 Å². The van der Waals surface area contributed by atoms with E-state index in [1.807, 2.05) is 23.1 Å². The molecule has 1 amide bonds. The first-order valence-electron chi connectivity index (χ1n) is 8.99. The lowest BCUT2D eigenvalue weighted by Gasteiger charge is -2.34. The van der Waals surface area contributed by atoms with Crippen molar-refractivity contribution in [1.82, 2.24) is 19.4 Å². The van der Waals surface area contributed by atoms with Gasteiger partial charge in [-0.05, 0) is 31.4 Å². The summed E-state index contributed by atoms with van der Waals surface area (Å²) in [5.41, 5.74) is 1.71. The molecule has 0 aromatic carbocycles. The Bertz CT molecular complexity index is 831. The van der Waals surface area contributed by atoms with Gasteiger partial charge in [-0.3, -0.25) is 14.6 Å². The molecule has 0 aliphatic carbocycles. The summed E-state index contributed by atoms with van der Waals surface area (Å²) in [6.07, 6.45) is 5.94. The quantitative estimate of drug-likeness (QED) is 0.851. The van der Waals surface area contributed by atoms with Crippen LogP contribution in [0.15, 0.2) is 35.3 Å². The van der Waals surface area contributed by atoms with Crippen LogP contribution in [0.1, 0.15) is 42.4 Å². The van der Waals surface area contributed by atoms with E-state index in [1.165, 1.54) is 0 Å². The second-order valence-electron chi connectivity index (χ2n) is 6.87.